The zero-order valence-corrected chi connectivity index (χ0v) is 25.4. The molecule has 0 radical (unpaired) electrons. The smallest absolute Gasteiger partial charge is 0.153 e. The van der Waals surface area contributed by atoms with E-state index in [0.717, 1.165) is 31.4 Å². The maximum absolute atomic E-state index is 12.2. The van der Waals surface area contributed by atoms with Crippen LogP contribution in [0, 0.1) is 29.1 Å². The number of benzene rings is 1. The average Bonchev–Trinajstić information content (AvgIpc) is 3.22. The third-order valence-electron chi connectivity index (χ3n) is 11.0. The second-order valence-electron chi connectivity index (χ2n) is 13.6. The molecule has 0 amide bonds. The SMILES string of the molecule is COC(C)(C)C#C[C@]1(O)CC[C@H]2[C@@H]3CCC4=CCCCC4=C3[C@@H](c3ccc(N4CCS(=O)(=O)CC4)cc3)C[C@@]21C. The van der Waals surface area contributed by atoms with E-state index in [1.165, 1.54) is 24.8 Å². The summed E-state index contributed by atoms with van der Waals surface area (Å²) in [4.78, 5) is 2.19. The molecule has 4 aliphatic carbocycles. The van der Waals surface area contributed by atoms with E-state index >= 15 is 0 Å². The molecule has 6 rings (SSSR count). The number of sulfone groups is 1. The van der Waals surface area contributed by atoms with Gasteiger partial charge in [-0.15, -0.1) is 0 Å². The van der Waals surface area contributed by atoms with Crippen molar-refractivity contribution in [3.05, 3.63) is 52.6 Å². The highest BCUT2D eigenvalue weighted by Crippen LogP contribution is 2.66. The van der Waals surface area contributed by atoms with Crippen LogP contribution >= 0.6 is 0 Å². The van der Waals surface area contributed by atoms with E-state index in [1.807, 2.05) is 13.8 Å². The molecule has 0 bridgehead atoms. The van der Waals surface area contributed by atoms with Gasteiger partial charge in [0.2, 0.25) is 0 Å². The van der Waals surface area contributed by atoms with Crippen LogP contribution in [-0.4, -0.2) is 56.4 Å². The Hall–Kier alpha value is -2.07. The van der Waals surface area contributed by atoms with Crippen LogP contribution in [0.1, 0.15) is 83.6 Å². The summed E-state index contributed by atoms with van der Waals surface area (Å²) < 4.78 is 29.5. The van der Waals surface area contributed by atoms with E-state index in [2.05, 4.69) is 54.0 Å². The molecule has 0 unspecified atom stereocenters. The monoisotopic (exact) mass is 563 g/mol. The molecule has 6 heteroatoms. The minimum absolute atomic E-state index is 0.226. The van der Waals surface area contributed by atoms with Gasteiger partial charge in [-0.1, -0.05) is 42.5 Å². The second-order valence-corrected chi connectivity index (χ2v) is 15.9. The van der Waals surface area contributed by atoms with Crippen LogP contribution in [0.2, 0.25) is 0 Å². The average molecular weight is 564 g/mol. The van der Waals surface area contributed by atoms with Crippen LogP contribution in [0.4, 0.5) is 5.69 Å². The molecule has 1 saturated heterocycles. The van der Waals surface area contributed by atoms with E-state index in [0.29, 0.717) is 31.3 Å². The lowest BCUT2D eigenvalue weighted by Gasteiger charge is -2.54. The molecule has 40 heavy (non-hydrogen) atoms. The lowest BCUT2D eigenvalue weighted by molar-refractivity contribution is -0.0518. The van der Waals surface area contributed by atoms with Crippen molar-refractivity contribution < 1.29 is 18.3 Å². The first-order valence-electron chi connectivity index (χ1n) is 15.2. The molecular weight excluding hydrogens is 518 g/mol. The van der Waals surface area contributed by atoms with Crippen LogP contribution in [-0.2, 0) is 14.6 Å². The zero-order chi connectivity index (χ0) is 28.3. The topological polar surface area (TPSA) is 66.8 Å². The molecule has 5 atom stereocenters. The van der Waals surface area contributed by atoms with E-state index in [-0.39, 0.29) is 22.8 Å². The second kappa shape index (κ2) is 10.0. The number of aliphatic hydroxyl groups is 1. The normalized spacial score (nSPS) is 35.2. The van der Waals surface area contributed by atoms with Crippen LogP contribution in [0.3, 0.4) is 0 Å². The Morgan fingerprint density at radius 2 is 1.82 bits per heavy atom. The van der Waals surface area contributed by atoms with E-state index in [4.69, 9.17) is 4.74 Å². The fourth-order valence-electron chi connectivity index (χ4n) is 8.47. The molecular formula is C34H45NO4S. The molecule has 1 N–H and O–H groups in total. The summed E-state index contributed by atoms with van der Waals surface area (Å²) in [5, 5.41) is 12.2. The largest absolute Gasteiger partial charge is 0.377 e. The molecule has 5 aliphatic rings. The van der Waals surface area contributed by atoms with Crippen molar-refractivity contribution in [3.8, 4) is 11.8 Å². The minimum atomic E-state index is -2.91. The Labute approximate surface area is 241 Å². The number of methoxy groups -OCH3 is 1. The van der Waals surface area contributed by atoms with Crippen molar-refractivity contribution in [1.29, 1.82) is 0 Å². The lowest BCUT2D eigenvalue weighted by atomic mass is 9.51. The van der Waals surface area contributed by atoms with E-state index < -0.39 is 21.0 Å². The van der Waals surface area contributed by atoms with Crippen LogP contribution < -0.4 is 4.90 Å². The maximum atomic E-state index is 12.2. The Bertz CT molecular complexity index is 1380. The minimum Gasteiger partial charge on any atom is -0.377 e. The van der Waals surface area contributed by atoms with Gasteiger partial charge < -0.3 is 14.7 Å². The van der Waals surface area contributed by atoms with Gasteiger partial charge in [-0.25, -0.2) is 8.42 Å². The number of allylic oxidation sites excluding steroid dienone is 4. The number of fused-ring (bicyclic) bond motifs is 4. The Kier molecular flexibility index (Phi) is 7.04. The third kappa shape index (κ3) is 4.76. The van der Waals surface area contributed by atoms with Gasteiger partial charge in [0.05, 0.1) is 11.5 Å². The van der Waals surface area contributed by atoms with Gasteiger partial charge in [-0.2, -0.15) is 0 Å². The third-order valence-corrected chi connectivity index (χ3v) is 12.6. The van der Waals surface area contributed by atoms with Crippen molar-refractivity contribution >= 4 is 15.5 Å². The number of nitrogens with zero attached hydrogens (tertiary/aromatic N) is 1. The summed E-state index contributed by atoms with van der Waals surface area (Å²) in [6.07, 6.45) is 11.0. The number of anilines is 1. The number of hydrogen-bond acceptors (Lipinski definition) is 5. The standard InChI is InChI=1S/C34H45NO4S/c1-32(2,39-4)17-18-34(36)16-15-30-28-14-11-24-7-5-6-8-27(24)31(28)29(23-33(30,34)3)25-9-12-26(13-10-25)35-19-21-40(37,38)22-20-35/h7,9-10,12-13,28-30,36H,5-6,8,11,14-16,19-23H2,1-4H3/t28-,29+,30-,33-,34+/m0/s1. The first kappa shape index (κ1) is 28.1. The molecule has 5 nitrogen and oxygen atoms in total. The predicted molar refractivity (Wildman–Crippen MR) is 161 cm³/mol. The number of rotatable bonds is 3. The first-order valence-corrected chi connectivity index (χ1v) is 17.1. The summed E-state index contributed by atoms with van der Waals surface area (Å²) >= 11 is 0. The number of ether oxygens (including phenoxy) is 1. The van der Waals surface area contributed by atoms with Crippen LogP contribution in [0.25, 0.3) is 0 Å². The van der Waals surface area contributed by atoms with Gasteiger partial charge in [0.25, 0.3) is 0 Å². The highest BCUT2D eigenvalue weighted by Gasteiger charge is 2.62. The summed E-state index contributed by atoms with van der Waals surface area (Å²) in [5.74, 6) is 8.25. The van der Waals surface area contributed by atoms with Gasteiger partial charge in [0, 0.05) is 37.2 Å². The quantitative estimate of drug-likeness (QED) is 0.471. The molecule has 1 aromatic carbocycles. The lowest BCUT2D eigenvalue weighted by Crippen LogP contribution is -2.51. The van der Waals surface area contributed by atoms with Crippen LogP contribution in [0.5, 0.6) is 0 Å². The molecule has 1 aliphatic heterocycles. The maximum Gasteiger partial charge on any atom is 0.153 e. The molecule has 2 saturated carbocycles. The molecule has 1 aromatic rings. The van der Waals surface area contributed by atoms with E-state index in [9.17, 15) is 13.5 Å². The van der Waals surface area contributed by atoms with Crippen molar-refractivity contribution in [2.75, 3.05) is 36.6 Å². The van der Waals surface area contributed by atoms with Crippen LogP contribution in [0.15, 0.2) is 47.1 Å². The molecule has 0 spiro atoms. The zero-order valence-electron chi connectivity index (χ0n) is 24.6. The predicted octanol–water partition coefficient (Wildman–Crippen LogP) is 5.80. The Morgan fingerprint density at radius 1 is 1.10 bits per heavy atom. The van der Waals surface area contributed by atoms with Gasteiger partial charge in [-0.05, 0) is 106 Å². The van der Waals surface area contributed by atoms with E-state index in [1.54, 1.807) is 23.8 Å². The molecule has 3 fully saturated rings. The van der Waals surface area contributed by atoms with Crippen molar-refractivity contribution in [2.24, 2.45) is 17.3 Å². The molecule has 216 valence electrons. The van der Waals surface area contributed by atoms with Gasteiger partial charge in [0.1, 0.15) is 11.2 Å². The molecule has 1 heterocycles. The van der Waals surface area contributed by atoms with Crippen molar-refractivity contribution in [1.82, 2.24) is 0 Å². The fraction of sp³-hybridized carbons (Fsp3) is 0.647. The van der Waals surface area contributed by atoms with Gasteiger partial charge >= 0.3 is 0 Å². The van der Waals surface area contributed by atoms with Crippen molar-refractivity contribution in [2.45, 2.75) is 89.3 Å². The summed E-state index contributed by atoms with van der Waals surface area (Å²) in [6, 6.07) is 8.91. The Balaban J connectivity index is 1.39. The first-order chi connectivity index (χ1) is 19.0. The van der Waals surface area contributed by atoms with Crippen molar-refractivity contribution in [3.63, 3.8) is 0 Å². The summed E-state index contributed by atoms with van der Waals surface area (Å²) in [7, 11) is -1.23. The highest BCUT2D eigenvalue weighted by molar-refractivity contribution is 7.91. The summed E-state index contributed by atoms with van der Waals surface area (Å²) in [6.45, 7) is 7.34. The number of hydrogen-bond donors (Lipinski definition) is 1. The van der Waals surface area contributed by atoms with Gasteiger partial charge in [0.15, 0.2) is 9.84 Å². The fourth-order valence-corrected chi connectivity index (χ4v) is 9.67. The Morgan fingerprint density at radius 3 is 2.52 bits per heavy atom. The highest BCUT2D eigenvalue weighted by atomic mass is 32.2. The van der Waals surface area contributed by atoms with Gasteiger partial charge in [-0.3, -0.25) is 0 Å². The summed E-state index contributed by atoms with van der Waals surface area (Å²) in [5.41, 5.74) is 5.30. The molecule has 0 aromatic heterocycles.